The first-order chi connectivity index (χ1) is 11.7. The molecular formula is C17H19N5O2. The molecule has 4 rings (SSSR count). The van der Waals surface area contributed by atoms with Gasteiger partial charge in [-0.2, -0.15) is 4.98 Å². The Balaban J connectivity index is 1.66. The monoisotopic (exact) mass is 325 g/mol. The summed E-state index contributed by atoms with van der Waals surface area (Å²) in [4.78, 5) is 21.7. The molecule has 0 radical (unpaired) electrons. The fourth-order valence-electron chi connectivity index (χ4n) is 3.19. The zero-order chi connectivity index (χ0) is 16.5. The number of nitro groups is 1. The Hall–Kier alpha value is -2.70. The van der Waals surface area contributed by atoms with Gasteiger partial charge in [0.25, 0.3) is 0 Å². The van der Waals surface area contributed by atoms with Crippen molar-refractivity contribution in [2.45, 2.75) is 37.8 Å². The molecule has 0 amide bonds. The van der Waals surface area contributed by atoms with E-state index >= 15 is 0 Å². The summed E-state index contributed by atoms with van der Waals surface area (Å²) in [6.45, 7) is 0.861. The lowest BCUT2D eigenvalue weighted by atomic mass is 10.1. The highest BCUT2D eigenvalue weighted by molar-refractivity contribution is 5.59. The summed E-state index contributed by atoms with van der Waals surface area (Å²) in [5.41, 5.74) is 1.18. The summed E-state index contributed by atoms with van der Waals surface area (Å²) in [6, 6.07) is 10.8. The van der Waals surface area contributed by atoms with E-state index in [4.69, 9.17) is 0 Å². The molecule has 1 atom stereocenters. The second-order valence-electron chi connectivity index (χ2n) is 6.34. The van der Waals surface area contributed by atoms with E-state index in [0.717, 1.165) is 32.2 Å². The molecule has 0 bridgehead atoms. The van der Waals surface area contributed by atoms with Crippen LogP contribution in [0.15, 0.2) is 36.5 Å². The lowest BCUT2D eigenvalue weighted by Gasteiger charge is -2.25. The number of rotatable bonds is 5. The largest absolute Gasteiger partial charge is 0.361 e. The Morgan fingerprint density at radius 3 is 2.71 bits per heavy atom. The average Bonchev–Trinajstić information content (AvgIpc) is 3.27. The van der Waals surface area contributed by atoms with Crippen molar-refractivity contribution in [3.63, 3.8) is 0 Å². The molecule has 124 valence electrons. The van der Waals surface area contributed by atoms with Crippen molar-refractivity contribution in [1.29, 1.82) is 0 Å². The molecule has 0 unspecified atom stereocenters. The Labute approximate surface area is 139 Å². The number of benzene rings is 1. The molecule has 7 nitrogen and oxygen atoms in total. The molecule has 1 saturated carbocycles. The standard InChI is InChI=1S/C17H19N5O2/c23-22(24)15-11-18-17(20-16(15)19-13-8-9-13)21-10-4-7-14(21)12-5-2-1-3-6-12/h1-3,5-6,11,13-14H,4,7-10H2,(H,18,19,20)/t14-/m1/s1. The maximum atomic E-state index is 11.2. The fraction of sp³-hybridized carbons (Fsp3) is 0.412. The molecule has 2 aliphatic rings. The first kappa shape index (κ1) is 14.9. The molecule has 1 aliphatic carbocycles. The quantitative estimate of drug-likeness (QED) is 0.671. The summed E-state index contributed by atoms with van der Waals surface area (Å²) in [5, 5.41) is 14.4. The van der Waals surface area contributed by atoms with Crippen LogP contribution in [0.3, 0.4) is 0 Å². The number of nitrogens with one attached hydrogen (secondary N) is 1. The van der Waals surface area contributed by atoms with Gasteiger partial charge in [-0.05, 0) is 31.2 Å². The van der Waals surface area contributed by atoms with E-state index in [1.165, 1.54) is 11.8 Å². The molecular weight excluding hydrogens is 306 g/mol. The molecule has 1 aromatic heterocycles. The van der Waals surface area contributed by atoms with Crippen molar-refractivity contribution in [3.05, 3.63) is 52.2 Å². The average molecular weight is 325 g/mol. The van der Waals surface area contributed by atoms with Gasteiger partial charge < -0.3 is 10.2 Å². The number of hydrogen-bond donors (Lipinski definition) is 1. The number of nitrogens with zero attached hydrogens (tertiary/aromatic N) is 4. The van der Waals surface area contributed by atoms with E-state index in [-0.39, 0.29) is 11.7 Å². The highest BCUT2D eigenvalue weighted by Gasteiger charge is 2.31. The normalized spacial score (nSPS) is 20.2. The van der Waals surface area contributed by atoms with Gasteiger partial charge in [0.15, 0.2) is 0 Å². The van der Waals surface area contributed by atoms with Crippen molar-refractivity contribution in [3.8, 4) is 0 Å². The Kier molecular flexibility index (Phi) is 3.76. The van der Waals surface area contributed by atoms with E-state index < -0.39 is 4.92 Å². The molecule has 7 heteroatoms. The second kappa shape index (κ2) is 6.07. The van der Waals surface area contributed by atoms with E-state index in [9.17, 15) is 10.1 Å². The summed E-state index contributed by atoms with van der Waals surface area (Å²) in [5.74, 6) is 0.904. The van der Waals surface area contributed by atoms with E-state index in [0.29, 0.717) is 17.8 Å². The SMILES string of the molecule is O=[N+]([O-])c1cnc(N2CCC[C@@H]2c2ccccc2)nc1NC1CC1. The van der Waals surface area contributed by atoms with Gasteiger partial charge in [0.2, 0.25) is 11.8 Å². The molecule has 1 N–H and O–H groups in total. The van der Waals surface area contributed by atoms with Gasteiger partial charge in [0.1, 0.15) is 6.20 Å². The third-order valence-corrected chi connectivity index (χ3v) is 4.57. The first-order valence-corrected chi connectivity index (χ1v) is 8.32. The molecule has 1 aliphatic heterocycles. The van der Waals surface area contributed by atoms with Gasteiger partial charge in [0, 0.05) is 12.6 Å². The molecule has 0 spiro atoms. The first-order valence-electron chi connectivity index (χ1n) is 8.32. The predicted octanol–water partition coefficient (Wildman–Crippen LogP) is 3.30. The van der Waals surface area contributed by atoms with Crippen molar-refractivity contribution in [1.82, 2.24) is 9.97 Å². The lowest BCUT2D eigenvalue weighted by Crippen LogP contribution is -2.25. The van der Waals surface area contributed by atoms with Crippen LogP contribution in [0.4, 0.5) is 17.5 Å². The maximum Gasteiger partial charge on any atom is 0.329 e. The summed E-state index contributed by atoms with van der Waals surface area (Å²) in [7, 11) is 0. The maximum absolute atomic E-state index is 11.2. The van der Waals surface area contributed by atoms with Crippen LogP contribution < -0.4 is 10.2 Å². The molecule has 2 fully saturated rings. The van der Waals surface area contributed by atoms with Gasteiger partial charge >= 0.3 is 5.69 Å². The number of aromatic nitrogens is 2. The van der Waals surface area contributed by atoms with E-state index in [1.54, 1.807) is 0 Å². The molecule has 2 aromatic rings. The minimum Gasteiger partial charge on any atom is -0.361 e. The number of anilines is 2. The Bertz CT molecular complexity index is 748. The predicted molar refractivity (Wildman–Crippen MR) is 91.1 cm³/mol. The van der Waals surface area contributed by atoms with Crippen LogP contribution in [0.25, 0.3) is 0 Å². The second-order valence-corrected chi connectivity index (χ2v) is 6.34. The Morgan fingerprint density at radius 2 is 2.00 bits per heavy atom. The van der Waals surface area contributed by atoms with E-state index in [1.807, 2.05) is 18.2 Å². The number of hydrogen-bond acceptors (Lipinski definition) is 6. The van der Waals surface area contributed by atoms with E-state index in [2.05, 4.69) is 32.3 Å². The van der Waals surface area contributed by atoms with Crippen LogP contribution in [0.1, 0.15) is 37.3 Å². The fourth-order valence-corrected chi connectivity index (χ4v) is 3.19. The zero-order valence-corrected chi connectivity index (χ0v) is 13.3. The topological polar surface area (TPSA) is 84.2 Å². The van der Waals surface area contributed by atoms with Gasteiger partial charge in [-0.15, -0.1) is 0 Å². The summed E-state index contributed by atoms with van der Waals surface area (Å²) >= 11 is 0. The van der Waals surface area contributed by atoms with Gasteiger partial charge in [-0.3, -0.25) is 10.1 Å². The molecule has 24 heavy (non-hydrogen) atoms. The molecule has 2 heterocycles. The van der Waals surface area contributed by atoms with Crippen LogP contribution in [0.2, 0.25) is 0 Å². The lowest BCUT2D eigenvalue weighted by molar-refractivity contribution is -0.384. The van der Waals surface area contributed by atoms with Gasteiger partial charge in [0.05, 0.1) is 11.0 Å². The van der Waals surface area contributed by atoms with Crippen LogP contribution in [-0.2, 0) is 0 Å². The van der Waals surface area contributed by atoms with Crippen molar-refractivity contribution in [2.75, 3.05) is 16.8 Å². The summed E-state index contributed by atoms with van der Waals surface area (Å²) in [6.07, 6.45) is 5.49. The smallest absolute Gasteiger partial charge is 0.329 e. The summed E-state index contributed by atoms with van der Waals surface area (Å²) < 4.78 is 0. The minimum absolute atomic E-state index is 0.0545. The zero-order valence-electron chi connectivity index (χ0n) is 13.3. The van der Waals surface area contributed by atoms with Crippen LogP contribution in [-0.4, -0.2) is 27.5 Å². The third-order valence-electron chi connectivity index (χ3n) is 4.57. The highest BCUT2D eigenvalue weighted by atomic mass is 16.6. The minimum atomic E-state index is -0.423. The van der Waals surface area contributed by atoms with Crippen LogP contribution in [0, 0.1) is 10.1 Å². The van der Waals surface area contributed by atoms with Crippen molar-refractivity contribution < 1.29 is 4.92 Å². The van der Waals surface area contributed by atoms with Crippen molar-refractivity contribution >= 4 is 17.5 Å². The van der Waals surface area contributed by atoms with Crippen LogP contribution >= 0.6 is 0 Å². The van der Waals surface area contributed by atoms with Crippen molar-refractivity contribution in [2.24, 2.45) is 0 Å². The molecule has 1 saturated heterocycles. The molecule has 1 aromatic carbocycles. The Morgan fingerprint density at radius 1 is 1.21 bits per heavy atom. The third kappa shape index (κ3) is 2.89. The van der Waals surface area contributed by atoms with Gasteiger partial charge in [-0.25, -0.2) is 4.98 Å². The van der Waals surface area contributed by atoms with Gasteiger partial charge in [-0.1, -0.05) is 30.3 Å². The van der Waals surface area contributed by atoms with Crippen LogP contribution in [0.5, 0.6) is 0 Å². The highest BCUT2D eigenvalue weighted by Crippen LogP contribution is 2.36.